The average Bonchev–Trinajstić information content (AvgIpc) is 2.17. The number of hydrogen-bond donors (Lipinski definition) is 1. The molecule has 0 radical (unpaired) electrons. The number of amides is 1. The molecule has 16 heavy (non-hydrogen) atoms. The van der Waals surface area contributed by atoms with Gasteiger partial charge in [-0.25, -0.2) is 0 Å². The van der Waals surface area contributed by atoms with E-state index in [1.165, 1.54) is 13.0 Å². The van der Waals surface area contributed by atoms with Crippen LogP contribution in [0.15, 0.2) is 42.1 Å². The van der Waals surface area contributed by atoms with E-state index in [1.54, 1.807) is 6.92 Å². The molecule has 0 bridgehead atoms. The zero-order valence-corrected chi connectivity index (χ0v) is 9.49. The predicted octanol–water partition coefficient (Wildman–Crippen LogP) is 1.84. The summed E-state index contributed by atoms with van der Waals surface area (Å²) < 4.78 is 0. The Hall–Kier alpha value is -1.90. The first-order chi connectivity index (χ1) is 7.58. The van der Waals surface area contributed by atoms with E-state index in [-0.39, 0.29) is 11.7 Å². The second kappa shape index (κ2) is 5.85. The van der Waals surface area contributed by atoms with Crippen LogP contribution in [0.3, 0.4) is 0 Å². The predicted molar refractivity (Wildman–Crippen MR) is 62.7 cm³/mol. The molecular formula is C13H15NO2. The van der Waals surface area contributed by atoms with Gasteiger partial charge < -0.3 is 5.32 Å². The summed E-state index contributed by atoms with van der Waals surface area (Å²) >= 11 is 0. The van der Waals surface area contributed by atoms with Crippen LogP contribution in [0.2, 0.25) is 0 Å². The third-order valence-corrected chi connectivity index (χ3v) is 1.96. The van der Waals surface area contributed by atoms with Crippen LogP contribution >= 0.6 is 0 Å². The molecule has 0 saturated carbocycles. The number of allylic oxidation sites excluding steroid dienone is 2. The molecule has 1 N–H and O–H groups in total. The van der Waals surface area contributed by atoms with Crippen molar-refractivity contribution in [2.75, 3.05) is 0 Å². The number of hydrogen-bond acceptors (Lipinski definition) is 2. The van der Waals surface area contributed by atoms with Gasteiger partial charge in [0.25, 0.3) is 0 Å². The molecular weight excluding hydrogens is 202 g/mol. The number of carbonyl (C=O) groups excluding carboxylic acids is 2. The van der Waals surface area contributed by atoms with Gasteiger partial charge in [-0.05, 0) is 25.5 Å². The number of nitrogens with one attached hydrogen (secondary N) is 1. The van der Waals surface area contributed by atoms with Crippen LogP contribution in [0.4, 0.5) is 0 Å². The molecule has 0 fully saturated rings. The summed E-state index contributed by atoms with van der Waals surface area (Å²) in [4.78, 5) is 22.3. The van der Waals surface area contributed by atoms with Crippen LogP contribution in [-0.2, 0) is 16.0 Å². The standard InChI is InChI=1S/C13H15NO2/c1-10(8-11(2)15)14-13(16)9-12-6-4-3-5-7-12/h3-8H,9H2,1-2H3,(H,14,16)/b10-8+. The molecule has 0 aliphatic rings. The third-order valence-electron chi connectivity index (χ3n) is 1.96. The molecule has 0 heterocycles. The molecule has 3 nitrogen and oxygen atoms in total. The monoisotopic (exact) mass is 217 g/mol. The number of rotatable bonds is 4. The molecule has 84 valence electrons. The van der Waals surface area contributed by atoms with E-state index in [4.69, 9.17) is 0 Å². The van der Waals surface area contributed by atoms with Crippen molar-refractivity contribution in [1.29, 1.82) is 0 Å². The molecule has 3 heteroatoms. The Morgan fingerprint density at radius 1 is 1.19 bits per heavy atom. The van der Waals surface area contributed by atoms with Gasteiger partial charge in [-0.15, -0.1) is 0 Å². The van der Waals surface area contributed by atoms with Crippen molar-refractivity contribution < 1.29 is 9.59 Å². The molecule has 1 aromatic carbocycles. The summed E-state index contributed by atoms with van der Waals surface area (Å²) in [6.45, 7) is 3.15. The average molecular weight is 217 g/mol. The lowest BCUT2D eigenvalue weighted by molar-refractivity contribution is -0.119. The fraction of sp³-hybridized carbons (Fsp3) is 0.231. The van der Waals surface area contributed by atoms with Gasteiger partial charge in [0.1, 0.15) is 0 Å². The maximum absolute atomic E-state index is 11.5. The summed E-state index contributed by atoms with van der Waals surface area (Å²) in [6.07, 6.45) is 1.73. The maximum Gasteiger partial charge on any atom is 0.228 e. The minimum absolute atomic E-state index is 0.0717. The minimum atomic E-state index is -0.110. The Bertz CT molecular complexity index is 407. The lowest BCUT2D eigenvalue weighted by Crippen LogP contribution is -2.23. The first kappa shape index (κ1) is 12.2. The Kier molecular flexibility index (Phi) is 4.45. The number of benzene rings is 1. The van der Waals surface area contributed by atoms with Crippen LogP contribution < -0.4 is 5.32 Å². The summed E-state index contributed by atoms with van der Waals surface area (Å²) in [7, 11) is 0. The largest absolute Gasteiger partial charge is 0.330 e. The maximum atomic E-state index is 11.5. The van der Waals surface area contributed by atoms with E-state index in [2.05, 4.69) is 5.32 Å². The van der Waals surface area contributed by atoms with Gasteiger partial charge in [0.2, 0.25) is 5.91 Å². The molecule has 1 rings (SSSR count). The van der Waals surface area contributed by atoms with E-state index in [9.17, 15) is 9.59 Å². The zero-order chi connectivity index (χ0) is 12.0. The molecule has 0 saturated heterocycles. The summed E-state index contributed by atoms with van der Waals surface area (Å²) in [5, 5.41) is 2.66. The lowest BCUT2D eigenvalue weighted by atomic mass is 10.1. The van der Waals surface area contributed by atoms with Gasteiger partial charge >= 0.3 is 0 Å². The SMILES string of the molecule is CC(=O)/C=C(\C)NC(=O)Cc1ccccc1. The van der Waals surface area contributed by atoms with Gasteiger partial charge in [0.05, 0.1) is 6.42 Å². The Labute approximate surface area is 95.2 Å². The van der Waals surface area contributed by atoms with E-state index in [0.717, 1.165) is 5.56 Å². The molecule has 0 spiro atoms. The molecule has 0 aliphatic carbocycles. The van der Waals surface area contributed by atoms with Gasteiger partial charge in [-0.2, -0.15) is 0 Å². The van der Waals surface area contributed by atoms with Crippen molar-refractivity contribution in [2.24, 2.45) is 0 Å². The van der Waals surface area contributed by atoms with Gasteiger partial charge in [-0.1, -0.05) is 30.3 Å². The van der Waals surface area contributed by atoms with Crippen LogP contribution in [0.25, 0.3) is 0 Å². The van der Waals surface area contributed by atoms with Gasteiger partial charge in [0.15, 0.2) is 5.78 Å². The number of ketones is 1. The van der Waals surface area contributed by atoms with Crippen LogP contribution in [-0.4, -0.2) is 11.7 Å². The van der Waals surface area contributed by atoms with E-state index < -0.39 is 0 Å². The normalized spacial score (nSPS) is 11.0. The third kappa shape index (κ3) is 4.55. The van der Waals surface area contributed by atoms with Gasteiger partial charge in [-0.3, -0.25) is 9.59 Å². The van der Waals surface area contributed by atoms with Crippen LogP contribution in [0, 0.1) is 0 Å². The summed E-state index contributed by atoms with van der Waals surface area (Å²) in [6, 6.07) is 9.47. The molecule has 0 aliphatic heterocycles. The van der Waals surface area contributed by atoms with Gasteiger partial charge in [0, 0.05) is 5.70 Å². The highest BCUT2D eigenvalue weighted by molar-refractivity contribution is 5.89. The second-order valence-electron chi connectivity index (χ2n) is 3.65. The van der Waals surface area contributed by atoms with E-state index in [0.29, 0.717) is 12.1 Å². The highest BCUT2D eigenvalue weighted by Gasteiger charge is 2.03. The molecule has 0 unspecified atom stereocenters. The molecule has 0 atom stereocenters. The minimum Gasteiger partial charge on any atom is -0.330 e. The zero-order valence-electron chi connectivity index (χ0n) is 9.49. The lowest BCUT2D eigenvalue weighted by Gasteiger charge is -2.04. The van der Waals surface area contributed by atoms with Crippen molar-refractivity contribution in [3.05, 3.63) is 47.7 Å². The molecule has 0 aromatic heterocycles. The summed E-state index contributed by atoms with van der Waals surface area (Å²) in [5.74, 6) is -0.182. The summed E-state index contributed by atoms with van der Waals surface area (Å²) in [5.41, 5.74) is 1.53. The Morgan fingerprint density at radius 2 is 1.81 bits per heavy atom. The number of carbonyl (C=O) groups is 2. The van der Waals surface area contributed by atoms with Crippen molar-refractivity contribution in [2.45, 2.75) is 20.3 Å². The fourth-order valence-corrected chi connectivity index (χ4v) is 1.39. The molecule has 1 aromatic rings. The van der Waals surface area contributed by atoms with E-state index >= 15 is 0 Å². The fourth-order valence-electron chi connectivity index (χ4n) is 1.39. The first-order valence-electron chi connectivity index (χ1n) is 5.10. The topological polar surface area (TPSA) is 46.2 Å². The highest BCUT2D eigenvalue weighted by atomic mass is 16.1. The second-order valence-corrected chi connectivity index (χ2v) is 3.65. The van der Waals surface area contributed by atoms with Crippen molar-refractivity contribution in [3.63, 3.8) is 0 Å². The van der Waals surface area contributed by atoms with Crippen molar-refractivity contribution in [1.82, 2.24) is 5.32 Å². The quantitative estimate of drug-likeness (QED) is 0.782. The smallest absolute Gasteiger partial charge is 0.228 e. The van der Waals surface area contributed by atoms with Crippen LogP contribution in [0.5, 0.6) is 0 Å². The Morgan fingerprint density at radius 3 is 2.38 bits per heavy atom. The van der Waals surface area contributed by atoms with Crippen LogP contribution in [0.1, 0.15) is 19.4 Å². The van der Waals surface area contributed by atoms with Crippen molar-refractivity contribution in [3.8, 4) is 0 Å². The Balaban J connectivity index is 2.52. The molecule has 1 amide bonds. The van der Waals surface area contributed by atoms with Crippen molar-refractivity contribution >= 4 is 11.7 Å². The van der Waals surface area contributed by atoms with E-state index in [1.807, 2.05) is 30.3 Å². The first-order valence-corrected chi connectivity index (χ1v) is 5.10. The highest BCUT2D eigenvalue weighted by Crippen LogP contribution is 2.00.